The van der Waals surface area contributed by atoms with Crippen LogP contribution in [0.4, 0.5) is 11.4 Å². The number of non-ortho nitro benzene ring substituents is 2. The molecule has 3 rings (SSSR count). The lowest BCUT2D eigenvalue weighted by atomic mass is 10.1. The summed E-state index contributed by atoms with van der Waals surface area (Å²) in [5.74, 6) is 0. The van der Waals surface area contributed by atoms with Crippen molar-refractivity contribution in [2.24, 2.45) is 0 Å². The molecule has 0 aliphatic carbocycles. The Balaban J connectivity index is 1.80. The van der Waals surface area contributed by atoms with Crippen molar-refractivity contribution in [1.82, 2.24) is 4.98 Å². The van der Waals surface area contributed by atoms with Crippen LogP contribution in [0.2, 0.25) is 0 Å². The number of aromatic nitrogens is 1. The summed E-state index contributed by atoms with van der Waals surface area (Å²) in [7, 11) is 0. The SMILES string of the molecule is N#C/C(=C\C=C\c1ccc([N+](=O)[O-])cc1)c1nc(-c2cccc([N+](=O)[O-])c2)cs1. The molecule has 142 valence electrons. The minimum absolute atomic E-state index is 0.00636. The minimum atomic E-state index is -0.472. The third kappa shape index (κ3) is 4.77. The molecule has 3 aromatic rings. The quantitative estimate of drug-likeness (QED) is 0.239. The summed E-state index contributed by atoms with van der Waals surface area (Å²) in [4.78, 5) is 25.1. The molecule has 0 saturated heterocycles. The summed E-state index contributed by atoms with van der Waals surface area (Å²) in [6, 6.07) is 14.2. The molecule has 8 nitrogen and oxygen atoms in total. The number of thiazole rings is 1. The van der Waals surface area contributed by atoms with Gasteiger partial charge in [0.15, 0.2) is 0 Å². The van der Waals surface area contributed by atoms with Gasteiger partial charge in [-0.15, -0.1) is 11.3 Å². The van der Waals surface area contributed by atoms with Crippen LogP contribution in [0, 0.1) is 31.6 Å². The molecule has 0 atom stereocenters. The third-order valence-electron chi connectivity index (χ3n) is 3.86. The highest BCUT2D eigenvalue weighted by molar-refractivity contribution is 7.11. The van der Waals surface area contributed by atoms with E-state index in [1.165, 1.54) is 35.6 Å². The number of nitriles is 1. The Morgan fingerprint density at radius 3 is 2.45 bits per heavy atom. The van der Waals surface area contributed by atoms with E-state index >= 15 is 0 Å². The molecule has 1 aromatic heterocycles. The van der Waals surface area contributed by atoms with Crippen LogP contribution in [0.5, 0.6) is 0 Å². The van der Waals surface area contributed by atoms with Gasteiger partial charge in [0.2, 0.25) is 0 Å². The van der Waals surface area contributed by atoms with Crippen molar-refractivity contribution in [2.75, 3.05) is 0 Å². The number of allylic oxidation sites excluding steroid dienone is 3. The molecule has 0 bridgehead atoms. The normalized spacial score (nSPS) is 11.3. The fourth-order valence-corrected chi connectivity index (χ4v) is 3.23. The lowest BCUT2D eigenvalue weighted by molar-refractivity contribution is -0.385. The number of hydrogen-bond donors (Lipinski definition) is 0. The van der Waals surface area contributed by atoms with Crippen LogP contribution in [-0.4, -0.2) is 14.8 Å². The van der Waals surface area contributed by atoms with E-state index < -0.39 is 9.85 Å². The van der Waals surface area contributed by atoms with E-state index in [4.69, 9.17) is 0 Å². The van der Waals surface area contributed by atoms with Crippen LogP contribution < -0.4 is 0 Å². The van der Waals surface area contributed by atoms with Crippen molar-refractivity contribution in [3.8, 4) is 17.3 Å². The number of nitro benzene ring substituents is 2. The molecule has 2 aromatic carbocycles. The smallest absolute Gasteiger partial charge is 0.258 e. The maximum absolute atomic E-state index is 10.9. The van der Waals surface area contributed by atoms with E-state index in [0.717, 1.165) is 5.56 Å². The Hall–Kier alpha value is -4.16. The lowest BCUT2D eigenvalue weighted by Gasteiger charge is -1.96. The van der Waals surface area contributed by atoms with Crippen LogP contribution in [0.15, 0.2) is 66.1 Å². The van der Waals surface area contributed by atoms with E-state index in [9.17, 15) is 25.5 Å². The molecule has 0 unspecified atom stereocenters. The summed E-state index contributed by atoms with van der Waals surface area (Å²) in [5.41, 5.74) is 2.21. The first-order valence-corrected chi connectivity index (χ1v) is 9.09. The van der Waals surface area contributed by atoms with Crippen LogP contribution in [0.3, 0.4) is 0 Å². The third-order valence-corrected chi connectivity index (χ3v) is 4.74. The van der Waals surface area contributed by atoms with Crippen molar-refractivity contribution in [3.63, 3.8) is 0 Å². The molecule has 29 heavy (non-hydrogen) atoms. The molecular formula is C20H12N4O4S. The van der Waals surface area contributed by atoms with Gasteiger partial charge in [-0.3, -0.25) is 20.2 Å². The highest BCUT2D eigenvalue weighted by Gasteiger charge is 2.11. The van der Waals surface area contributed by atoms with Gasteiger partial charge < -0.3 is 0 Å². The first kappa shape index (κ1) is 19.6. The Labute approximate surface area is 169 Å². The predicted molar refractivity (Wildman–Crippen MR) is 110 cm³/mol. The van der Waals surface area contributed by atoms with E-state index in [-0.39, 0.29) is 11.4 Å². The molecule has 0 saturated carbocycles. The largest absolute Gasteiger partial charge is 0.270 e. The van der Waals surface area contributed by atoms with Gasteiger partial charge in [-0.25, -0.2) is 4.98 Å². The number of hydrogen-bond acceptors (Lipinski definition) is 7. The second-order valence-electron chi connectivity index (χ2n) is 5.75. The van der Waals surface area contributed by atoms with Gasteiger partial charge in [-0.2, -0.15) is 5.26 Å². The van der Waals surface area contributed by atoms with E-state index in [0.29, 0.717) is 21.8 Å². The fourth-order valence-electron chi connectivity index (χ4n) is 2.43. The molecule has 0 radical (unpaired) electrons. The predicted octanol–water partition coefficient (Wildman–Crippen LogP) is 5.25. The van der Waals surface area contributed by atoms with Crippen LogP contribution in [0.25, 0.3) is 22.9 Å². The molecule has 0 fully saturated rings. The zero-order valence-corrected chi connectivity index (χ0v) is 15.6. The summed E-state index contributed by atoms with van der Waals surface area (Å²) in [5, 5.41) is 33.2. The van der Waals surface area contributed by atoms with Crippen LogP contribution in [0.1, 0.15) is 10.6 Å². The first-order chi connectivity index (χ1) is 14.0. The van der Waals surface area contributed by atoms with Crippen molar-refractivity contribution < 1.29 is 9.85 Å². The van der Waals surface area contributed by atoms with Gasteiger partial charge >= 0.3 is 0 Å². The number of nitrogens with zero attached hydrogens (tertiary/aromatic N) is 4. The van der Waals surface area contributed by atoms with Gasteiger partial charge in [-0.1, -0.05) is 24.3 Å². The maximum atomic E-state index is 10.9. The Morgan fingerprint density at radius 1 is 1.07 bits per heavy atom. The first-order valence-electron chi connectivity index (χ1n) is 8.21. The Kier molecular flexibility index (Phi) is 5.87. The summed E-state index contributed by atoms with van der Waals surface area (Å²) in [6.07, 6.45) is 4.97. The van der Waals surface area contributed by atoms with Crippen molar-refractivity contribution in [3.05, 3.63) is 96.9 Å². The highest BCUT2D eigenvalue weighted by Crippen LogP contribution is 2.28. The van der Waals surface area contributed by atoms with E-state index in [1.807, 2.05) is 0 Å². The second-order valence-corrected chi connectivity index (χ2v) is 6.60. The van der Waals surface area contributed by atoms with Gasteiger partial charge in [-0.05, 0) is 23.8 Å². The number of rotatable bonds is 6. The fraction of sp³-hybridized carbons (Fsp3) is 0. The molecule has 0 N–H and O–H groups in total. The number of nitro groups is 2. The minimum Gasteiger partial charge on any atom is -0.258 e. The molecule has 0 amide bonds. The van der Waals surface area contributed by atoms with E-state index in [2.05, 4.69) is 11.1 Å². The van der Waals surface area contributed by atoms with Gasteiger partial charge in [0, 0.05) is 35.2 Å². The van der Waals surface area contributed by atoms with Crippen LogP contribution in [-0.2, 0) is 0 Å². The molecule has 0 spiro atoms. The Morgan fingerprint density at radius 2 is 1.79 bits per heavy atom. The monoisotopic (exact) mass is 404 g/mol. The molecule has 0 aliphatic rings. The topological polar surface area (TPSA) is 123 Å². The summed E-state index contributed by atoms with van der Waals surface area (Å²) in [6.45, 7) is 0. The van der Waals surface area contributed by atoms with Gasteiger partial charge in [0.05, 0.1) is 21.1 Å². The number of benzene rings is 2. The Bertz CT molecular complexity index is 1170. The average molecular weight is 404 g/mol. The average Bonchev–Trinajstić information content (AvgIpc) is 3.21. The molecular weight excluding hydrogens is 392 g/mol. The maximum Gasteiger partial charge on any atom is 0.270 e. The molecule has 9 heteroatoms. The highest BCUT2D eigenvalue weighted by atomic mass is 32.1. The van der Waals surface area contributed by atoms with E-state index in [1.54, 1.807) is 47.9 Å². The van der Waals surface area contributed by atoms with Crippen molar-refractivity contribution in [1.29, 1.82) is 5.26 Å². The summed E-state index contributed by atoms with van der Waals surface area (Å²) < 4.78 is 0. The van der Waals surface area contributed by atoms with Crippen LogP contribution >= 0.6 is 11.3 Å². The van der Waals surface area contributed by atoms with Crippen molar-refractivity contribution >= 4 is 34.4 Å². The zero-order valence-electron chi connectivity index (χ0n) is 14.8. The standard InChI is InChI=1S/C20H12N4O4S/c21-12-16(5-1-3-14-7-9-17(10-8-14)23(25)26)20-22-19(13-29-20)15-4-2-6-18(11-15)24(27)28/h1-11,13H/b3-1+,16-5+. The van der Waals surface area contributed by atoms with Gasteiger partial charge in [0.25, 0.3) is 11.4 Å². The summed E-state index contributed by atoms with van der Waals surface area (Å²) >= 11 is 1.26. The lowest BCUT2D eigenvalue weighted by Crippen LogP contribution is -1.88. The zero-order chi connectivity index (χ0) is 20.8. The second kappa shape index (κ2) is 8.69. The molecule has 0 aliphatic heterocycles. The van der Waals surface area contributed by atoms with Crippen molar-refractivity contribution in [2.45, 2.75) is 0 Å². The van der Waals surface area contributed by atoms with Gasteiger partial charge in [0.1, 0.15) is 11.1 Å². The molecule has 1 heterocycles.